The molecule has 0 aromatic carbocycles. The highest BCUT2D eigenvalue weighted by Gasteiger charge is 2.74. The third-order valence-electron chi connectivity index (χ3n) is 14.8. The molecule has 0 spiro atoms. The number of hydrogen-bond donors (Lipinski definition) is 1. The minimum absolute atomic E-state index is 0.0300. The molecule has 1 unspecified atom stereocenters. The average Bonchev–Trinajstić information content (AvgIpc) is 2.97. The Morgan fingerprint density at radius 1 is 1.06 bits per heavy atom. The highest BCUT2D eigenvalue weighted by molar-refractivity contribution is 6.00. The summed E-state index contributed by atoms with van der Waals surface area (Å²) in [6.45, 7) is 18.3. The lowest BCUT2D eigenvalue weighted by Crippen LogP contribution is -2.71. The van der Waals surface area contributed by atoms with Crippen molar-refractivity contribution in [2.24, 2.45) is 56.7 Å². The number of likely N-dealkylation sites (N-methyl/N-ethyl adjacent to an activating group) is 1. The number of allylic oxidation sites excluding steroid dienone is 1. The van der Waals surface area contributed by atoms with Gasteiger partial charge < -0.3 is 29.0 Å². The van der Waals surface area contributed by atoms with Crippen LogP contribution in [-0.2, 0) is 33.3 Å². The molecule has 47 heavy (non-hydrogen) atoms. The zero-order valence-corrected chi connectivity index (χ0v) is 30.8. The van der Waals surface area contributed by atoms with E-state index >= 15 is 0 Å². The molecule has 3 saturated carbocycles. The topological polar surface area (TPSA) is 112 Å². The van der Waals surface area contributed by atoms with Crippen LogP contribution in [0.3, 0.4) is 0 Å². The number of carboxylic acids is 1. The van der Waals surface area contributed by atoms with Crippen molar-refractivity contribution >= 4 is 17.7 Å². The van der Waals surface area contributed by atoms with Crippen LogP contribution < -0.4 is 0 Å². The Hall–Kier alpha value is -1.81. The van der Waals surface area contributed by atoms with Gasteiger partial charge in [0.05, 0.1) is 38.4 Å². The summed E-state index contributed by atoms with van der Waals surface area (Å²) in [6, 6.07) is 0.0300. The second-order valence-corrected chi connectivity index (χ2v) is 17.4. The standard InChI is InChI=1S/C38H61NO8/c1-22(2)23(3)34(5)14-15-36(7)26-12-13-29-35(6)20-45-21-38(29,27(26)16-30(41)37(36,8)31(34)33(42)43)17-28(47-24(4)40)32(35)46-19-25(18-44-11)39(9)10/h16,22-23,25-26,28-29,31-32H,12-15,17-21H2,1-11H3,(H,42,43)/t23-,25?,26+,28-,29+,31-,32+,34-,35+,36-,37+,38-/m1/s1. The van der Waals surface area contributed by atoms with E-state index in [9.17, 15) is 19.5 Å². The van der Waals surface area contributed by atoms with E-state index in [0.717, 1.165) is 31.3 Å². The van der Waals surface area contributed by atoms with Gasteiger partial charge in [0.2, 0.25) is 0 Å². The molecule has 1 N–H and O–H groups in total. The van der Waals surface area contributed by atoms with Gasteiger partial charge in [0.25, 0.3) is 0 Å². The van der Waals surface area contributed by atoms with Gasteiger partial charge in [-0.15, -0.1) is 0 Å². The van der Waals surface area contributed by atoms with E-state index in [0.29, 0.717) is 38.8 Å². The van der Waals surface area contributed by atoms with Gasteiger partial charge in [0.1, 0.15) is 12.2 Å². The lowest BCUT2D eigenvalue weighted by Gasteiger charge is -2.70. The van der Waals surface area contributed by atoms with Crippen molar-refractivity contribution in [2.75, 3.05) is 47.6 Å². The first-order chi connectivity index (χ1) is 21.8. The van der Waals surface area contributed by atoms with Crippen LogP contribution in [0, 0.1) is 56.7 Å². The fraction of sp³-hybridized carbons (Fsp3) is 0.868. The van der Waals surface area contributed by atoms with Crippen molar-refractivity contribution in [3.05, 3.63) is 11.6 Å². The number of hydrogen-bond acceptors (Lipinski definition) is 8. The summed E-state index contributed by atoms with van der Waals surface area (Å²) in [5.74, 6) is -1.45. The van der Waals surface area contributed by atoms with E-state index in [-0.39, 0.29) is 41.7 Å². The molecule has 9 nitrogen and oxygen atoms in total. The lowest BCUT2D eigenvalue weighted by atomic mass is 9.34. The Morgan fingerprint density at radius 3 is 2.32 bits per heavy atom. The van der Waals surface area contributed by atoms with Gasteiger partial charge >= 0.3 is 11.9 Å². The van der Waals surface area contributed by atoms with E-state index in [1.54, 1.807) is 7.11 Å². The molecule has 2 bridgehead atoms. The average molecular weight is 660 g/mol. The van der Waals surface area contributed by atoms with Gasteiger partial charge in [-0.05, 0) is 86.8 Å². The Morgan fingerprint density at radius 2 is 1.74 bits per heavy atom. The monoisotopic (exact) mass is 659 g/mol. The number of ketones is 1. The Balaban J connectivity index is 1.60. The van der Waals surface area contributed by atoms with Crippen LogP contribution in [-0.4, -0.2) is 93.6 Å². The molecule has 0 aromatic heterocycles. The summed E-state index contributed by atoms with van der Waals surface area (Å²) < 4.78 is 24.9. The number of nitrogens with zero attached hydrogens (tertiary/aromatic N) is 1. The summed E-state index contributed by atoms with van der Waals surface area (Å²) in [5, 5.41) is 10.9. The lowest BCUT2D eigenvalue weighted by molar-refractivity contribution is -0.267. The second-order valence-electron chi connectivity index (χ2n) is 17.4. The van der Waals surface area contributed by atoms with Crippen LogP contribution >= 0.6 is 0 Å². The van der Waals surface area contributed by atoms with Crippen molar-refractivity contribution in [3.63, 3.8) is 0 Å². The van der Waals surface area contributed by atoms with E-state index in [1.807, 2.05) is 27.1 Å². The minimum Gasteiger partial charge on any atom is -0.481 e. The number of methoxy groups -OCH3 is 1. The number of rotatable bonds is 10. The Bertz CT molecular complexity index is 1280. The minimum atomic E-state index is -1.05. The molecule has 4 aliphatic carbocycles. The molecule has 1 saturated heterocycles. The summed E-state index contributed by atoms with van der Waals surface area (Å²) in [4.78, 5) is 42.9. The number of aliphatic carboxylic acids is 1. The first kappa shape index (κ1) is 36.5. The molecule has 9 heteroatoms. The number of carboxylic acid groups (broad SMARTS) is 1. The number of fused-ring (bicyclic) bond motifs is 3. The first-order valence-corrected chi connectivity index (χ1v) is 17.9. The second kappa shape index (κ2) is 12.5. The molecule has 0 radical (unpaired) electrons. The van der Waals surface area contributed by atoms with E-state index in [4.69, 9.17) is 18.9 Å². The summed E-state index contributed by atoms with van der Waals surface area (Å²) in [5.41, 5.74) is -1.98. The fourth-order valence-corrected chi connectivity index (χ4v) is 11.7. The smallest absolute Gasteiger partial charge is 0.308 e. The van der Waals surface area contributed by atoms with Gasteiger partial charge in [-0.2, -0.15) is 0 Å². The van der Waals surface area contributed by atoms with Gasteiger partial charge in [-0.25, -0.2) is 0 Å². The highest BCUT2D eigenvalue weighted by Crippen LogP contribution is 2.74. The third kappa shape index (κ3) is 5.27. The van der Waals surface area contributed by atoms with E-state index < -0.39 is 45.1 Å². The normalized spacial score (nSPS) is 44.1. The van der Waals surface area contributed by atoms with Gasteiger partial charge in [-0.1, -0.05) is 54.0 Å². The van der Waals surface area contributed by atoms with Crippen molar-refractivity contribution in [1.82, 2.24) is 4.90 Å². The van der Waals surface area contributed by atoms with Gasteiger partial charge in [-0.3, -0.25) is 14.4 Å². The Kier molecular flexibility index (Phi) is 9.70. The Labute approximate surface area is 282 Å². The van der Waals surface area contributed by atoms with Gasteiger partial charge in [0, 0.05) is 30.3 Å². The zero-order valence-electron chi connectivity index (χ0n) is 30.8. The summed E-state index contributed by atoms with van der Waals surface area (Å²) in [7, 11) is 5.69. The summed E-state index contributed by atoms with van der Waals surface area (Å²) in [6.07, 6.45) is 4.82. The SMILES string of the molecule is COCC(CO[C@H]1[C@H](OC(C)=O)C[C@]23COC[C@@]1(C)[C@@H]2CC[C@H]1C3=CC(=O)[C@@]2(C)[C@H](C(=O)O)[C@@](C)([C@H](C)C(C)C)CC[C@]12C)N(C)C. The molecule has 5 rings (SSSR count). The first-order valence-electron chi connectivity index (χ1n) is 17.9. The maximum Gasteiger partial charge on any atom is 0.308 e. The van der Waals surface area contributed by atoms with Crippen LogP contribution in [0.1, 0.15) is 87.5 Å². The molecular weight excluding hydrogens is 598 g/mol. The molecule has 5 aliphatic rings. The summed E-state index contributed by atoms with van der Waals surface area (Å²) >= 11 is 0. The number of esters is 1. The maximum absolute atomic E-state index is 14.8. The molecule has 1 heterocycles. The van der Waals surface area contributed by atoms with Crippen LogP contribution in [0.5, 0.6) is 0 Å². The number of carbonyl (C=O) groups is 3. The molecule has 12 atom stereocenters. The van der Waals surface area contributed by atoms with Crippen molar-refractivity contribution < 1.29 is 38.4 Å². The molecule has 0 aromatic rings. The predicted molar refractivity (Wildman–Crippen MR) is 179 cm³/mol. The third-order valence-corrected chi connectivity index (χ3v) is 14.8. The van der Waals surface area contributed by atoms with Crippen LogP contribution in [0.15, 0.2) is 11.6 Å². The molecule has 1 aliphatic heterocycles. The van der Waals surface area contributed by atoms with Crippen molar-refractivity contribution in [2.45, 2.75) is 106 Å². The fourth-order valence-electron chi connectivity index (χ4n) is 11.7. The molecular formula is C38H61NO8. The maximum atomic E-state index is 14.8. The number of ether oxygens (including phenoxy) is 4. The van der Waals surface area contributed by atoms with Crippen LogP contribution in [0.25, 0.3) is 0 Å². The van der Waals surface area contributed by atoms with Crippen LogP contribution in [0.4, 0.5) is 0 Å². The predicted octanol–water partition coefficient (Wildman–Crippen LogP) is 5.65. The molecule has 4 fully saturated rings. The quantitative estimate of drug-likeness (QED) is 0.298. The van der Waals surface area contributed by atoms with Crippen molar-refractivity contribution in [3.8, 4) is 0 Å². The van der Waals surface area contributed by atoms with Crippen LogP contribution in [0.2, 0.25) is 0 Å². The largest absolute Gasteiger partial charge is 0.481 e. The molecule has 266 valence electrons. The van der Waals surface area contributed by atoms with E-state index in [2.05, 4.69) is 46.4 Å². The zero-order chi connectivity index (χ0) is 34.9. The molecule has 0 amide bonds. The van der Waals surface area contributed by atoms with Crippen molar-refractivity contribution in [1.29, 1.82) is 0 Å². The van der Waals surface area contributed by atoms with Gasteiger partial charge in [0.15, 0.2) is 5.78 Å². The number of carbonyl (C=O) groups excluding carboxylic acids is 2. The van der Waals surface area contributed by atoms with E-state index in [1.165, 1.54) is 6.92 Å². The highest BCUT2D eigenvalue weighted by atomic mass is 16.6.